The fraction of sp³-hybridized carbons (Fsp3) is 0.621. The molecule has 0 saturated carbocycles. The number of carbonyl (C=O) groups is 2. The summed E-state index contributed by atoms with van der Waals surface area (Å²) in [7, 11) is 0. The molecule has 6 nitrogen and oxygen atoms in total. The molecule has 0 spiro atoms. The Morgan fingerprint density at radius 3 is 0.891 bits per heavy atom. The van der Waals surface area contributed by atoms with Crippen LogP contribution in [0.5, 0.6) is 11.5 Å². The minimum Gasteiger partial charge on any atom is -0.493 e. The van der Waals surface area contributed by atoms with E-state index >= 15 is 0 Å². The highest BCUT2D eigenvalue weighted by molar-refractivity contribution is 6.11. The molecule has 0 atom stereocenters. The number of unbranched alkanes of at least 4 members (excludes halogenated alkanes) is 30. The van der Waals surface area contributed by atoms with Crippen LogP contribution in [0, 0.1) is 0 Å². The Labute approximate surface area is 388 Å². The third-order valence-corrected chi connectivity index (χ3v) is 13.2. The second-order valence-corrected chi connectivity index (χ2v) is 18.7. The molecule has 0 aliphatic heterocycles. The van der Waals surface area contributed by atoms with Crippen LogP contribution in [0.15, 0.2) is 60.7 Å². The number of hydrogen-bond donors (Lipinski definition) is 2. The minimum absolute atomic E-state index is 0.226. The van der Waals surface area contributed by atoms with Crippen molar-refractivity contribution in [3.8, 4) is 22.6 Å². The first-order valence-electron chi connectivity index (χ1n) is 26.3. The lowest BCUT2D eigenvalue weighted by atomic mass is 9.91. The number of carboxylic acid groups (broad SMARTS) is 2. The molecule has 0 heterocycles. The molecule has 0 saturated heterocycles. The molecular weight excluding hydrogens is 793 g/mol. The van der Waals surface area contributed by atoms with Gasteiger partial charge in [-0.15, -0.1) is 0 Å². The summed E-state index contributed by atoms with van der Waals surface area (Å²) in [6.45, 7) is 5.71. The summed E-state index contributed by atoms with van der Waals surface area (Å²) in [5.41, 5.74) is 2.15. The number of ether oxygens (including phenoxy) is 2. The second kappa shape index (κ2) is 32.6. The minimum atomic E-state index is -0.971. The molecule has 4 rings (SSSR count). The third-order valence-electron chi connectivity index (χ3n) is 13.2. The van der Waals surface area contributed by atoms with Crippen LogP contribution in [0.4, 0.5) is 0 Å². The van der Waals surface area contributed by atoms with E-state index < -0.39 is 11.9 Å². The van der Waals surface area contributed by atoms with E-state index in [1.807, 2.05) is 36.4 Å². The molecule has 0 radical (unpaired) electrons. The zero-order valence-corrected chi connectivity index (χ0v) is 40.3. The van der Waals surface area contributed by atoms with E-state index in [0.717, 1.165) is 69.9 Å². The van der Waals surface area contributed by atoms with Crippen molar-refractivity contribution in [2.24, 2.45) is 0 Å². The van der Waals surface area contributed by atoms with Crippen molar-refractivity contribution in [1.29, 1.82) is 0 Å². The summed E-state index contributed by atoms with van der Waals surface area (Å²) < 4.78 is 13.3. The topological polar surface area (TPSA) is 93.1 Å². The van der Waals surface area contributed by atoms with E-state index in [4.69, 9.17) is 9.47 Å². The lowest BCUT2D eigenvalue weighted by Gasteiger charge is -2.20. The van der Waals surface area contributed by atoms with Gasteiger partial charge in [0.1, 0.15) is 11.5 Å². The highest BCUT2D eigenvalue weighted by atomic mass is 16.5. The summed E-state index contributed by atoms with van der Waals surface area (Å²) in [4.78, 5) is 24.0. The first-order chi connectivity index (χ1) is 31.4. The van der Waals surface area contributed by atoms with Gasteiger partial charge in [0.05, 0.1) is 24.3 Å². The van der Waals surface area contributed by atoms with Crippen molar-refractivity contribution in [1.82, 2.24) is 0 Å². The molecule has 0 aromatic heterocycles. The van der Waals surface area contributed by atoms with Crippen molar-refractivity contribution in [2.75, 3.05) is 13.2 Å². The van der Waals surface area contributed by atoms with E-state index in [0.29, 0.717) is 13.2 Å². The van der Waals surface area contributed by atoms with Crippen LogP contribution in [-0.4, -0.2) is 35.4 Å². The largest absolute Gasteiger partial charge is 0.493 e. The Hall–Kier alpha value is -4.06. The highest BCUT2D eigenvalue weighted by Crippen LogP contribution is 2.46. The molecule has 4 aromatic carbocycles. The predicted octanol–water partition coefficient (Wildman–Crippen LogP) is 18.3. The van der Waals surface area contributed by atoms with Crippen molar-refractivity contribution in [3.63, 3.8) is 0 Å². The lowest BCUT2D eigenvalue weighted by molar-refractivity contribution is 0.0686. The van der Waals surface area contributed by atoms with Crippen molar-refractivity contribution < 1.29 is 29.3 Å². The number of benzene rings is 4. The quantitative estimate of drug-likeness (QED) is 0.0434. The van der Waals surface area contributed by atoms with Gasteiger partial charge in [0.2, 0.25) is 0 Å². The molecule has 0 bridgehead atoms. The van der Waals surface area contributed by atoms with Gasteiger partial charge in [-0.05, 0) is 70.8 Å². The standard InChI is InChI=1S/C58H86O6/c1-3-5-7-9-11-13-15-17-19-21-23-25-27-29-31-33-43-63-53-41-37-47-45-49(57(59)60)35-39-51(47)55(53)56-52-40-36-50(58(61)62)46-48(52)38-42-54(56)64-44-34-32-30-28-26-24-22-20-18-16-14-12-10-8-6-4-2/h35-42,45-46H,3-34,43-44H2,1-2H3,(H,59,60)(H,61,62). The smallest absolute Gasteiger partial charge is 0.335 e. The van der Waals surface area contributed by atoms with Crippen LogP contribution in [0.25, 0.3) is 32.7 Å². The molecule has 64 heavy (non-hydrogen) atoms. The lowest BCUT2D eigenvalue weighted by Crippen LogP contribution is -2.03. The van der Waals surface area contributed by atoms with E-state index in [9.17, 15) is 19.8 Å². The van der Waals surface area contributed by atoms with E-state index in [-0.39, 0.29) is 11.1 Å². The normalized spacial score (nSPS) is 11.5. The van der Waals surface area contributed by atoms with E-state index in [1.54, 1.807) is 24.3 Å². The molecule has 0 aliphatic rings. The SMILES string of the molecule is CCCCCCCCCCCCCCCCCCOc1ccc2cc(C(=O)O)ccc2c1-c1c(OCCCCCCCCCCCCCCCCCC)ccc2cc(C(=O)O)ccc12. The molecule has 0 unspecified atom stereocenters. The maximum absolute atomic E-state index is 12.0. The number of aromatic carboxylic acids is 2. The molecule has 6 heteroatoms. The van der Waals surface area contributed by atoms with Crippen LogP contribution in [0.3, 0.4) is 0 Å². The van der Waals surface area contributed by atoms with Gasteiger partial charge in [-0.3, -0.25) is 0 Å². The zero-order valence-electron chi connectivity index (χ0n) is 40.3. The number of rotatable bonds is 39. The molecule has 4 aromatic rings. The fourth-order valence-corrected chi connectivity index (χ4v) is 9.31. The van der Waals surface area contributed by atoms with E-state index in [2.05, 4.69) is 13.8 Å². The summed E-state index contributed by atoms with van der Waals surface area (Å²) in [5.74, 6) is -0.500. The molecule has 0 fully saturated rings. The first kappa shape index (κ1) is 52.6. The van der Waals surface area contributed by atoms with Gasteiger partial charge >= 0.3 is 11.9 Å². The van der Waals surface area contributed by atoms with Crippen LogP contribution in [0.1, 0.15) is 240 Å². The monoisotopic (exact) mass is 879 g/mol. The average molecular weight is 879 g/mol. The number of hydrogen-bond acceptors (Lipinski definition) is 4. The van der Waals surface area contributed by atoms with Gasteiger partial charge in [-0.1, -0.05) is 231 Å². The Kier molecular flexibility index (Phi) is 26.8. The summed E-state index contributed by atoms with van der Waals surface area (Å²) >= 11 is 0. The van der Waals surface area contributed by atoms with Gasteiger partial charge in [0, 0.05) is 11.1 Å². The summed E-state index contributed by atoms with van der Waals surface area (Å²) in [5, 5.41) is 23.0. The number of carboxylic acids is 2. The fourth-order valence-electron chi connectivity index (χ4n) is 9.31. The third kappa shape index (κ3) is 19.6. The first-order valence-corrected chi connectivity index (χ1v) is 26.3. The van der Waals surface area contributed by atoms with E-state index in [1.165, 1.54) is 180 Å². The van der Waals surface area contributed by atoms with Crippen LogP contribution < -0.4 is 9.47 Å². The maximum atomic E-state index is 12.0. The van der Waals surface area contributed by atoms with Crippen LogP contribution in [0.2, 0.25) is 0 Å². The molecule has 0 aliphatic carbocycles. The van der Waals surface area contributed by atoms with Crippen LogP contribution >= 0.6 is 0 Å². The Morgan fingerprint density at radius 1 is 0.359 bits per heavy atom. The summed E-state index contributed by atoms with van der Waals surface area (Å²) in [6, 6.07) is 18.3. The van der Waals surface area contributed by atoms with Crippen molar-refractivity contribution >= 4 is 33.5 Å². The van der Waals surface area contributed by atoms with Gasteiger partial charge in [0.25, 0.3) is 0 Å². The average Bonchev–Trinajstić information content (AvgIpc) is 3.30. The van der Waals surface area contributed by atoms with Gasteiger partial charge in [0.15, 0.2) is 0 Å². The molecule has 0 amide bonds. The highest BCUT2D eigenvalue weighted by Gasteiger charge is 2.21. The molecule has 2 N–H and O–H groups in total. The Morgan fingerprint density at radius 2 is 0.625 bits per heavy atom. The number of fused-ring (bicyclic) bond motifs is 2. The Balaban J connectivity index is 1.32. The zero-order chi connectivity index (χ0) is 45.5. The maximum Gasteiger partial charge on any atom is 0.335 e. The van der Waals surface area contributed by atoms with Crippen molar-refractivity contribution in [2.45, 2.75) is 219 Å². The second-order valence-electron chi connectivity index (χ2n) is 18.7. The molecule has 354 valence electrons. The van der Waals surface area contributed by atoms with Gasteiger partial charge < -0.3 is 19.7 Å². The van der Waals surface area contributed by atoms with Crippen molar-refractivity contribution in [3.05, 3.63) is 71.8 Å². The van der Waals surface area contributed by atoms with Crippen LogP contribution in [-0.2, 0) is 0 Å². The predicted molar refractivity (Wildman–Crippen MR) is 271 cm³/mol. The Bertz CT molecular complexity index is 1760. The van der Waals surface area contributed by atoms with Gasteiger partial charge in [-0.25, -0.2) is 9.59 Å². The molecular formula is C58H86O6. The van der Waals surface area contributed by atoms with Gasteiger partial charge in [-0.2, -0.15) is 0 Å². The summed E-state index contributed by atoms with van der Waals surface area (Å²) in [6.07, 6.45) is 42.0.